The van der Waals surface area contributed by atoms with Gasteiger partial charge in [-0.2, -0.15) is 23.7 Å². The molecule has 2 atom stereocenters. The van der Waals surface area contributed by atoms with Gasteiger partial charge in [-0.25, -0.2) is 9.98 Å². The summed E-state index contributed by atoms with van der Waals surface area (Å²) in [7, 11) is 0. The van der Waals surface area contributed by atoms with E-state index in [1.54, 1.807) is 6.07 Å². The molecule has 0 aromatic carbocycles. The highest BCUT2D eigenvalue weighted by atomic mass is 19.4. The molecule has 0 bridgehead atoms. The summed E-state index contributed by atoms with van der Waals surface area (Å²) in [5, 5.41) is 29.8. The molecule has 1 amide bonds. The minimum Gasteiger partial charge on any atom is -0.380 e. The third kappa shape index (κ3) is 4.20. The fourth-order valence-corrected chi connectivity index (χ4v) is 2.09. The monoisotopic (exact) mass is 364 g/mol. The number of anilines is 1. The lowest BCUT2D eigenvalue weighted by Crippen LogP contribution is -2.42. The number of hydrogen-bond donors (Lipinski definition) is 2. The molecular formula is C15H11F3N6O2. The van der Waals surface area contributed by atoms with Crippen molar-refractivity contribution in [2.24, 2.45) is 9.98 Å². The third-order valence-electron chi connectivity index (χ3n) is 3.40. The van der Waals surface area contributed by atoms with E-state index in [9.17, 15) is 23.1 Å². The van der Waals surface area contributed by atoms with E-state index in [0.717, 1.165) is 13.1 Å². The van der Waals surface area contributed by atoms with Crippen LogP contribution in [0.4, 0.5) is 18.9 Å². The van der Waals surface area contributed by atoms with Crippen LogP contribution in [-0.2, 0) is 11.0 Å². The van der Waals surface area contributed by atoms with Crippen molar-refractivity contribution in [3.63, 3.8) is 0 Å². The fraction of sp³-hybridized carbons (Fsp3) is 0.333. The Morgan fingerprint density at radius 3 is 2.62 bits per heavy atom. The number of nitrogens with one attached hydrogen (secondary N) is 1. The lowest BCUT2D eigenvalue weighted by molar-refractivity contribution is -0.138. The Balaban J connectivity index is 2.17. The second kappa shape index (κ2) is 6.90. The molecule has 1 unspecified atom stereocenters. The van der Waals surface area contributed by atoms with Crippen LogP contribution in [0, 0.1) is 22.7 Å². The zero-order valence-corrected chi connectivity index (χ0v) is 13.2. The topological polar surface area (TPSA) is 135 Å². The number of hydrogen-bond acceptors (Lipinski definition) is 7. The Hall–Kier alpha value is -3.31. The first-order chi connectivity index (χ1) is 12.1. The number of pyridine rings is 1. The van der Waals surface area contributed by atoms with Crippen LogP contribution in [0.3, 0.4) is 0 Å². The van der Waals surface area contributed by atoms with E-state index >= 15 is 0 Å². The minimum atomic E-state index is -4.83. The molecule has 1 aromatic rings. The quantitative estimate of drug-likeness (QED) is 0.833. The van der Waals surface area contributed by atoms with E-state index in [0.29, 0.717) is 6.07 Å². The maximum absolute atomic E-state index is 12.9. The number of aliphatic hydroxyl groups is 1. The van der Waals surface area contributed by atoms with Crippen molar-refractivity contribution in [3.05, 3.63) is 23.5 Å². The molecule has 134 valence electrons. The van der Waals surface area contributed by atoms with E-state index < -0.39 is 35.1 Å². The highest BCUT2D eigenvalue weighted by Gasteiger charge is 2.37. The molecule has 0 saturated heterocycles. The van der Waals surface area contributed by atoms with Crippen molar-refractivity contribution in [1.29, 1.82) is 10.5 Å². The summed E-state index contributed by atoms with van der Waals surface area (Å²) in [5.74, 6) is -1.01. The standard InChI is InChI=1S/C15H11F3N6O2/c1-14(26,3-12-22-7-9(4-19)23-12)13(25)24-8-2-10(15(16,17)18)11(5-20)21-6-8/h2,6-7,12,26H,3H2,1H3,(H,24,25)/t12?,14-/m0/s1. The number of rotatable bonds is 4. The number of carbonyl (C=O) groups excluding carboxylic acids is 1. The number of nitriles is 2. The van der Waals surface area contributed by atoms with Crippen molar-refractivity contribution in [2.45, 2.75) is 31.3 Å². The van der Waals surface area contributed by atoms with Crippen molar-refractivity contribution in [2.75, 3.05) is 5.32 Å². The normalized spacial score (nSPS) is 18.4. The van der Waals surface area contributed by atoms with E-state index in [1.165, 1.54) is 12.3 Å². The summed E-state index contributed by atoms with van der Waals surface area (Å²) in [6, 6.07) is 3.63. The number of carbonyl (C=O) groups is 1. The highest BCUT2D eigenvalue weighted by molar-refractivity contribution is 6.38. The predicted octanol–water partition coefficient (Wildman–Crippen LogP) is 1.43. The largest absolute Gasteiger partial charge is 0.419 e. The molecule has 1 aliphatic rings. The third-order valence-corrected chi connectivity index (χ3v) is 3.40. The summed E-state index contributed by atoms with van der Waals surface area (Å²) in [5.41, 5.74) is -4.46. The molecule has 1 aliphatic heterocycles. The van der Waals surface area contributed by atoms with Gasteiger partial charge in [0.25, 0.3) is 5.91 Å². The van der Waals surface area contributed by atoms with Gasteiger partial charge < -0.3 is 10.4 Å². The minimum absolute atomic E-state index is 0.0392. The lowest BCUT2D eigenvalue weighted by Gasteiger charge is -2.23. The molecule has 0 fully saturated rings. The Morgan fingerprint density at radius 2 is 2.08 bits per heavy atom. The second-order valence-electron chi connectivity index (χ2n) is 5.55. The first-order valence-electron chi connectivity index (χ1n) is 7.09. The van der Waals surface area contributed by atoms with Gasteiger partial charge >= 0.3 is 6.18 Å². The summed E-state index contributed by atoms with van der Waals surface area (Å²) in [6.07, 6.45) is -3.89. The second-order valence-corrected chi connectivity index (χ2v) is 5.55. The average molecular weight is 364 g/mol. The zero-order valence-electron chi connectivity index (χ0n) is 13.2. The smallest absolute Gasteiger partial charge is 0.380 e. The number of halogens is 3. The number of aromatic nitrogens is 1. The lowest BCUT2D eigenvalue weighted by atomic mass is 9.99. The van der Waals surface area contributed by atoms with E-state index in [4.69, 9.17) is 10.5 Å². The van der Waals surface area contributed by atoms with Gasteiger partial charge in [-0.15, -0.1) is 0 Å². The summed E-state index contributed by atoms with van der Waals surface area (Å²) < 4.78 is 38.8. The molecule has 2 rings (SSSR count). The van der Waals surface area contributed by atoms with Crippen LogP contribution < -0.4 is 5.32 Å². The molecule has 1 aromatic heterocycles. The Labute approximate surface area is 145 Å². The first kappa shape index (κ1) is 19.0. The van der Waals surface area contributed by atoms with Gasteiger partial charge in [0, 0.05) is 6.42 Å². The molecule has 0 spiro atoms. The predicted molar refractivity (Wildman–Crippen MR) is 83.2 cm³/mol. The van der Waals surface area contributed by atoms with E-state index in [-0.39, 0.29) is 17.8 Å². The average Bonchev–Trinajstić information content (AvgIpc) is 3.00. The van der Waals surface area contributed by atoms with Crippen LogP contribution in [0.25, 0.3) is 0 Å². The molecule has 2 heterocycles. The van der Waals surface area contributed by atoms with Crippen LogP contribution in [-0.4, -0.2) is 39.7 Å². The van der Waals surface area contributed by atoms with Crippen LogP contribution in [0.5, 0.6) is 0 Å². The van der Waals surface area contributed by atoms with Crippen molar-refractivity contribution in [1.82, 2.24) is 4.98 Å². The van der Waals surface area contributed by atoms with Crippen molar-refractivity contribution in [3.8, 4) is 12.1 Å². The number of amides is 1. The Morgan fingerprint density at radius 1 is 1.38 bits per heavy atom. The van der Waals surface area contributed by atoms with Gasteiger partial charge in [0.15, 0.2) is 11.4 Å². The molecule has 0 radical (unpaired) electrons. The SMILES string of the molecule is C[C@](O)(CC1N=CC(C#N)=N1)C(=O)Nc1cnc(C#N)c(C(F)(F)F)c1. The number of nitrogens with zero attached hydrogens (tertiary/aromatic N) is 5. The van der Waals surface area contributed by atoms with Gasteiger partial charge in [-0.3, -0.25) is 9.79 Å². The molecule has 0 aliphatic carbocycles. The number of alkyl halides is 3. The van der Waals surface area contributed by atoms with E-state index in [1.807, 2.05) is 0 Å². The fourth-order valence-electron chi connectivity index (χ4n) is 2.09. The van der Waals surface area contributed by atoms with Crippen molar-refractivity contribution < 1.29 is 23.1 Å². The maximum Gasteiger partial charge on any atom is 0.419 e. The van der Waals surface area contributed by atoms with Gasteiger partial charge in [-0.05, 0) is 13.0 Å². The number of aliphatic imine (C=N–C) groups is 2. The molecule has 2 N–H and O–H groups in total. The maximum atomic E-state index is 12.9. The van der Waals surface area contributed by atoms with Gasteiger partial charge in [-0.1, -0.05) is 0 Å². The van der Waals surface area contributed by atoms with Crippen LogP contribution in [0.1, 0.15) is 24.6 Å². The van der Waals surface area contributed by atoms with Crippen LogP contribution in [0.15, 0.2) is 22.2 Å². The van der Waals surface area contributed by atoms with Crippen LogP contribution >= 0.6 is 0 Å². The Bertz CT molecular complexity index is 877. The molecular weight excluding hydrogens is 353 g/mol. The summed E-state index contributed by atoms with van der Waals surface area (Å²) in [4.78, 5) is 23.2. The van der Waals surface area contributed by atoms with E-state index in [2.05, 4.69) is 20.3 Å². The summed E-state index contributed by atoms with van der Waals surface area (Å²) >= 11 is 0. The summed E-state index contributed by atoms with van der Waals surface area (Å²) in [6.45, 7) is 1.14. The molecule has 26 heavy (non-hydrogen) atoms. The van der Waals surface area contributed by atoms with Gasteiger partial charge in [0.1, 0.15) is 23.9 Å². The zero-order chi connectivity index (χ0) is 19.5. The molecule has 11 heteroatoms. The highest BCUT2D eigenvalue weighted by Crippen LogP contribution is 2.32. The van der Waals surface area contributed by atoms with Crippen molar-refractivity contribution >= 4 is 23.5 Å². The Kier molecular flexibility index (Phi) is 5.05. The van der Waals surface area contributed by atoms with Crippen LogP contribution in [0.2, 0.25) is 0 Å². The van der Waals surface area contributed by atoms with Gasteiger partial charge in [0.2, 0.25) is 0 Å². The van der Waals surface area contributed by atoms with Gasteiger partial charge in [0.05, 0.1) is 23.7 Å². The first-order valence-corrected chi connectivity index (χ1v) is 7.09. The molecule has 8 nitrogen and oxygen atoms in total. The molecule has 0 saturated carbocycles.